The first-order valence-corrected chi connectivity index (χ1v) is 9.95. The van der Waals surface area contributed by atoms with Crippen LogP contribution in [0.2, 0.25) is 10.0 Å². The maximum absolute atomic E-state index is 11.3. The molecule has 0 saturated heterocycles. The van der Waals surface area contributed by atoms with Crippen molar-refractivity contribution < 1.29 is 5.11 Å². The molecule has 0 bridgehead atoms. The van der Waals surface area contributed by atoms with Crippen molar-refractivity contribution in [2.24, 2.45) is 9.98 Å². The highest BCUT2D eigenvalue weighted by molar-refractivity contribution is 9.10. The van der Waals surface area contributed by atoms with E-state index in [1.165, 1.54) is 11.3 Å². The summed E-state index contributed by atoms with van der Waals surface area (Å²) in [5.41, 5.74) is 0. The Morgan fingerprint density at radius 2 is 1.76 bits per heavy atom. The fourth-order valence-corrected chi connectivity index (χ4v) is 4.94. The van der Waals surface area contributed by atoms with E-state index in [4.69, 9.17) is 23.2 Å². The van der Waals surface area contributed by atoms with Gasteiger partial charge in [0, 0.05) is 9.01 Å². The number of thiophene rings is 1. The summed E-state index contributed by atoms with van der Waals surface area (Å²) >= 11 is 17.9. The molecule has 0 radical (unpaired) electrons. The summed E-state index contributed by atoms with van der Waals surface area (Å²) in [4.78, 5) is 22.8. The van der Waals surface area contributed by atoms with Crippen LogP contribution in [0.1, 0.15) is 4.88 Å². The van der Waals surface area contributed by atoms with Crippen molar-refractivity contribution in [1.82, 2.24) is 4.98 Å². The van der Waals surface area contributed by atoms with E-state index in [9.17, 15) is 9.90 Å². The summed E-state index contributed by atoms with van der Waals surface area (Å²) in [6.45, 7) is 0. The van der Waals surface area contributed by atoms with E-state index in [2.05, 4.69) is 30.9 Å². The summed E-state index contributed by atoms with van der Waals surface area (Å²) in [6.07, 6.45) is 1.73. The van der Waals surface area contributed by atoms with Gasteiger partial charge in [0.15, 0.2) is 5.82 Å². The molecular weight excluding hydrogens is 469 g/mol. The molecule has 10 heteroatoms. The lowest BCUT2D eigenvalue weighted by atomic mass is 10.3. The molecular formula is C15H6BrCl2N3O2S2. The molecule has 2 N–H and O–H groups in total. The highest BCUT2D eigenvalue weighted by atomic mass is 79.9. The fourth-order valence-electron chi connectivity index (χ4n) is 2.21. The van der Waals surface area contributed by atoms with E-state index in [0.717, 1.165) is 24.9 Å². The van der Waals surface area contributed by atoms with Crippen LogP contribution in [0.25, 0.3) is 11.9 Å². The van der Waals surface area contributed by atoms with Crippen LogP contribution >= 0.6 is 61.8 Å². The lowest BCUT2D eigenvalue weighted by molar-refractivity contribution is 0.455. The smallest absolute Gasteiger partial charge is 0.307 e. The zero-order chi connectivity index (χ0) is 17.7. The monoisotopic (exact) mass is 473 g/mol. The molecule has 0 atom stereocenters. The van der Waals surface area contributed by atoms with E-state index in [0.29, 0.717) is 31.5 Å². The molecule has 0 spiro atoms. The summed E-state index contributed by atoms with van der Waals surface area (Å²) in [7, 11) is 0. The number of hydrogen-bond donors (Lipinski definition) is 2. The molecule has 25 heavy (non-hydrogen) atoms. The summed E-state index contributed by atoms with van der Waals surface area (Å²) in [5, 5.41) is 11.9. The van der Waals surface area contributed by atoms with Crippen molar-refractivity contribution in [2.45, 2.75) is 0 Å². The van der Waals surface area contributed by atoms with Crippen molar-refractivity contribution in [3.05, 3.63) is 67.0 Å². The number of nitrogens with one attached hydrogen (secondary N) is 1. The molecule has 1 aliphatic rings. The first-order valence-electron chi connectivity index (χ1n) is 6.77. The van der Waals surface area contributed by atoms with Gasteiger partial charge in [-0.3, -0.25) is 9.78 Å². The molecule has 126 valence electrons. The Labute approximate surface area is 166 Å². The SMILES string of the molecule is O=c1[nH]c(O)c(/C=c2/sc(=C3N=c4cc(Cl)c(Cl)cc4=N3)cc2Br)s1. The lowest BCUT2D eigenvalue weighted by Gasteiger charge is -1.90. The Bertz CT molecular complexity index is 1280. The minimum atomic E-state index is -0.309. The number of H-pyrrole nitrogens is 1. The van der Waals surface area contributed by atoms with Crippen LogP contribution in [0, 0.1) is 0 Å². The van der Waals surface area contributed by atoms with Crippen molar-refractivity contribution in [3.8, 4) is 5.88 Å². The third-order valence-electron chi connectivity index (χ3n) is 3.32. The quantitative estimate of drug-likeness (QED) is 0.566. The van der Waals surface area contributed by atoms with Crippen LogP contribution in [0.3, 0.4) is 0 Å². The van der Waals surface area contributed by atoms with Crippen LogP contribution in [0.4, 0.5) is 0 Å². The number of nitrogens with zero attached hydrogens (tertiary/aromatic N) is 2. The van der Waals surface area contributed by atoms with E-state index in [1.807, 2.05) is 6.07 Å². The predicted molar refractivity (Wildman–Crippen MR) is 104 cm³/mol. The van der Waals surface area contributed by atoms with E-state index < -0.39 is 0 Å². The molecule has 3 heterocycles. The maximum Gasteiger partial charge on any atom is 0.307 e. The molecule has 1 aliphatic heterocycles. The summed E-state index contributed by atoms with van der Waals surface area (Å²) < 4.78 is 2.49. The Balaban J connectivity index is 1.91. The number of halogens is 3. The zero-order valence-corrected chi connectivity index (χ0v) is 16.7. The van der Waals surface area contributed by atoms with E-state index in [1.54, 1.807) is 18.2 Å². The lowest BCUT2D eigenvalue weighted by Crippen LogP contribution is -2.20. The minimum Gasteiger partial charge on any atom is -0.493 e. The van der Waals surface area contributed by atoms with Gasteiger partial charge in [0.2, 0.25) is 5.88 Å². The second-order valence-electron chi connectivity index (χ2n) is 5.00. The Kier molecular flexibility index (Phi) is 4.33. The maximum atomic E-state index is 11.3. The van der Waals surface area contributed by atoms with Crippen LogP contribution in [-0.4, -0.2) is 10.1 Å². The summed E-state index contributed by atoms with van der Waals surface area (Å²) in [6, 6.07) is 5.25. The number of hydrogen-bond acceptors (Lipinski definition) is 6. The molecule has 0 saturated carbocycles. The molecule has 1 aromatic carbocycles. The van der Waals surface area contributed by atoms with Crippen molar-refractivity contribution in [3.63, 3.8) is 0 Å². The van der Waals surface area contributed by atoms with Crippen LogP contribution in [0.5, 0.6) is 5.88 Å². The van der Waals surface area contributed by atoms with E-state index >= 15 is 0 Å². The van der Waals surface area contributed by atoms with Gasteiger partial charge in [-0.2, -0.15) is 0 Å². The molecule has 3 aromatic rings. The molecule has 4 rings (SSSR count). The van der Waals surface area contributed by atoms with Crippen molar-refractivity contribution >= 4 is 73.7 Å². The van der Waals surface area contributed by atoms with Crippen LogP contribution in [0.15, 0.2) is 37.5 Å². The minimum absolute atomic E-state index is 0.142. The van der Waals surface area contributed by atoms with Crippen LogP contribution in [-0.2, 0) is 0 Å². The van der Waals surface area contributed by atoms with Crippen molar-refractivity contribution in [1.29, 1.82) is 0 Å². The number of aromatic nitrogens is 1. The van der Waals surface area contributed by atoms with Gasteiger partial charge in [-0.1, -0.05) is 34.5 Å². The zero-order valence-electron chi connectivity index (χ0n) is 12.0. The molecule has 2 aromatic heterocycles. The number of rotatable bonds is 1. The van der Waals surface area contributed by atoms with Gasteiger partial charge in [-0.25, -0.2) is 9.98 Å². The van der Waals surface area contributed by atoms with Crippen molar-refractivity contribution in [2.75, 3.05) is 0 Å². The fraction of sp³-hybridized carbons (Fsp3) is 0. The highest BCUT2D eigenvalue weighted by Gasteiger charge is 2.10. The first-order chi connectivity index (χ1) is 11.9. The second-order valence-corrected chi connectivity index (χ2v) is 8.76. The first kappa shape index (κ1) is 17.0. The largest absolute Gasteiger partial charge is 0.493 e. The molecule has 0 fully saturated rings. The van der Waals surface area contributed by atoms with Gasteiger partial charge in [-0.05, 0) is 40.2 Å². The summed E-state index contributed by atoms with van der Waals surface area (Å²) in [5.74, 6) is 0.418. The van der Waals surface area contributed by atoms with Gasteiger partial charge in [0.05, 0.1) is 30.2 Å². The molecule has 5 nitrogen and oxygen atoms in total. The number of aromatic amines is 1. The Morgan fingerprint density at radius 1 is 1.12 bits per heavy atom. The average molecular weight is 475 g/mol. The third-order valence-corrected chi connectivity index (χ3v) is 6.86. The molecule has 0 amide bonds. The number of thiazole rings is 1. The Hall–Kier alpha value is -1.45. The van der Waals surface area contributed by atoms with Gasteiger partial charge in [0.25, 0.3) is 0 Å². The van der Waals surface area contributed by atoms with Gasteiger partial charge in [0.1, 0.15) is 0 Å². The van der Waals surface area contributed by atoms with Gasteiger partial charge < -0.3 is 5.11 Å². The molecule has 0 unspecified atom stereocenters. The third kappa shape index (κ3) is 3.20. The number of benzene rings is 1. The standard InChI is InChI=1S/C15H6BrCl2N3O2S2/c16-5-1-11(24-10(5)4-12-14(22)21-15(23)25-12)13-19-8-2-6(17)7(18)3-9(8)20-13/h1-4,22H,(H,21,23)/b10-4+. The van der Waals surface area contributed by atoms with Gasteiger partial charge in [-0.15, -0.1) is 11.3 Å². The average Bonchev–Trinajstić information content (AvgIpc) is 3.19. The topological polar surface area (TPSA) is 77.8 Å². The van der Waals surface area contributed by atoms with Crippen LogP contribution < -0.4 is 24.7 Å². The normalized spacial score (nSPS) is 13.7. The predicted octanol–water partition coefficient (Wildman–Crippen LogP) is 2.12. The molecule has 0 aliphatic carbocycles. The number of fused-ring (bicyclic) bond motifs is 1. The number of aromatic hydroxyl groups is 1. The van der Waals surface area contributed by atoms with Gasteiger partial charge >= 0.3 is 4.87 Å². The Morgan fingerprint density at radius 3 is 2.32 bits per heavy atom. The second kappa shape index (κ2) is 6.37. The van der Waals surface area contributed by atoms with E-state index in [-0.39, 0.29) is 10.8 Å². The highest BCUT2D eigenvalue weighted by Crippen LogP contribution is 2.19.